The van der Waals surface area contributed by atoms with Crippen LogP contribution in [0.15, 0.2) is 18.3 Å². The third-order valence-corrected chi connectivity index (χ3v) is 3.07. The fraction of sp³-hybridized carbons (Fsp3) is 0.615. The van der Waals surface area contributed by atoms with Gasteiger partial charge in [-0.2, -0.15) is 0 Å². The fourth-order valence-electron chi connectivity index (χ4n) is 1.54. The van der Waals surface area contributed by atoms with Crippen molar-refractivity contribution in [1.29, 1.82) is 0 Å². The molecule has 1 heterocycles. The molecule has 0 bridgehead atoms. The van der Waals surface area contributed by atoms with Gasteiger partial charge in [-0.15, -0.1) is 0 Å². The lowest BCUT2D eigenvalue weighted by Gasteiger charge is -2.25. The SMILES string of the molecule is CCC(O)(CC)CNCc1ccc(C)nc1. The van der Waals surface area contributed by atoms with Crippen LogP contribution in [0.3, 0.4) is 0 Å². The highest BCUT2D eigenvalue weighted by Gasteiger charge is 2.20. The fourth-order valence-corrected chi connectivity index (χ4v) is 1.54. The summed E-state index contributed by atoms with van der Waals surface area (Å²) in [6.07, 6.45) is 3.44. The Bertz CT molecular complexity index is 304. The average Bonchev–Trinajstić information content (AvgIpc) is 2.31. The molecule has 0 aliphatic rings. The van der Waals surface area contributed by atoms with Gasteiger partial charge < -0.3 is 10.4 Å². The molecule has 0 radical (unpaired) electrons. The van der Waals surface area contributed by atoms with Crippen LogP contribution in [-0.4, -0.2) is 22.2 Å². The molecule has 0 amide bonds. The molecule has 3 nitrogen and oxygen atoms in total. The second-order valence-electron chi connectivity index (χ2n) is 4.34. The molecule has 0 atom stereocenters. The largest absolute Gasteiger partial charge is 0.389 e. The number of rotatable bonds is 6. The van der Waals surface area contributed by atoms with Crippen LogP contribution in [0.2, 0.25) is 0 Å². The molecule has 0 saturated heterocycles. The van der Waals surface area contributed by atoms with Crippen molar-refractivity contribution in [3.05, 3.63) is 29.6 Å². The number of nitrogens with one attached hydrogen (secondary N) is 1. The maximum absolute atomic E-state index is 10.1. The summed E-state index contributed by atoms with van der Waals surface area (Å²) in [6, 6.07) is 4.06. The lowest BCUT2D eigenvalue weighted by Crippen LogP contribution is -2.39. The van der Waals surface area contributed by atoms with E-state index < -0.39 is 5.60 Å². The molecule has 90 valence electrons. The Labute approximate surface area is 97.9 Å². The predicted molar refractivity (Wildman–Crippen MR) is 66.2 cm³/mol. The van der Waals surface area contributed by atoms with Crippen LogP contribution < -0.4 is 5.32 Å². The smallest absolute Gasteiger partial charge is 0.0766 e. The van der Waals surface area contributed by atoms with Gasteiger partial charge in [0.05, 0.1) is 5.60 Å². The van der Waals surface area contributed by atoms with E-state index in [2.05, 4.69) is 16.4 Å². The number of pyridine rings is 1. The van der Waals surface area contributed by atoms with Crippen molar-refractivity contribution in [2.24, 2.45) is 0 Å². The van der Waals surface area contributed by atoms with Crippen molar-refractivity contribution >= 4 is 0 Å². The molecule has 1 rings (SSSR count). The van der Waals surface area contributed by atoms with Gasteiger partial charge >= 0.3 is 0 Å². The molecule has 0 fully saturated rings. The molecule has 0 unspecified atom stereocenters. The van der Waals surface area contributed by atoms with Crippen LogP contribution in [0.25, 0.3) is 0 Å². The van der Waals surface area contributed by atoms with E-state index in [1.54, 1.807) is 0 Å². The maximum atomic E-state index is 10.1. The minimum Gasteiger partial charge on any atom is -0.389 e. The van der Waals surface area contributed by atoms with Gasteiger partial charge in [-0.05, 0) is 31.4 Å². The van der Waals surface area contributed by atoms with Crippen LogP contribution in [0.1, 0.15) is 37.9 Å². The Morgan fingerprint density at radius 1 is 1.31 bits per heavy atom. The van der Waals surface area contributed by atoms with Crippen LogP contribution in [0.5, 0.6) is 0 Å². The number of aromatic nitrogens is 1. The normalized spacial score (nSPS) is 11.8. The van der Waals surface area contributed by atoms with Crippen LogP contribution in [0.4, 0.5) is 0 Å². The van der Waals surface area contributed by atoms with Crippen molar-refractivity contribution in [2.75, 3.05) is 6.54 Å². The van der Waals surface area contributed by atoms with E-state index >= 15 is 0 Å². The third kappa shape index (κ3) is 3.91. The molecule has 16 heavy (non-hydrogen) atoms. The number of aryl methyl sites for hydroxylation is 1. The molecule has 0 aliphatic carbocycles. The van der Waals surface area contributed by atoms with Gasteiger partial charge in [-0.25, -0.2) is 0 Å². The molecule has 3 heteroatoms. The highest BCUT2D eigenvalue weighted by Crippen LogP contribution is 2.13. The molecule has 0 aromatic carbocycles. The molecule has 0 aliphatic heterocycles. The first-order chi connectivity index (χ1) is 7.59. The van der Waals surface area contributed by atoms with Crippen molar-refractivity contribution in [1.82, 2.24) is 10.3 Å². The molecular weight excluding hydrogens is 200 g/mol. The summed E-state index contributed by atoms with van der Waals surface area (Å²) >= 11 is 0. The quantitative estimate of drug-likeness (QED) is 0.774. The van der Waals surface area contributed by atoms with Gasteiger partial charge in [0, 0.05) is 25.0 Å². The minimum atomic E-state index is -0.571. The van der Waals surface area contributed by atoms with Crippen molar-refractivity contribution < 1.29 is 5.11 Å². The van der Waals surface area contributed by atoms with Gasteiger partial charge in [0.1, 0.15) is 0 Å². The second kappa shape index (κ2) is 5.97. The van der Waals surface area contributed by atoms with Gasteiger partial charge in [0.15, 0.2) is 0 Å². The van der Waals surface area contributed by atoms with Gasteiger partial charge in [0.2, 0.25) is 0 Å². The summed E-state index contributed by atoms with van der Waals surface area (Å²) in [7, 11) is 0. The topological polar surface area (TPSA) is 45.1 Å². The Balaban J connectivity index is 2.38. The zero-order valence-corrected chi connectivity index (χ0v) is 10.5. The van der Waals surface area contributed by atoms with Crippen molar-refractivity contribution in [2.45, 2.75) is 45.8 Å². The molecular formula is C13H22N2O. The highest BCUT2D eigenvalue weighted by atomic mass is 16.3. The average molecular weight is 222 g/mol. The monoisotopic (exact) mass is 222 g/mol. The first-order valence-electron chi connectivity index (χ1n) is 5.94. The van der Waals surface area contributed by atoms with E-state index in [0.29, 0.717) is 6.54 Å². The highest BCUT2D eigenvalue weighted by molar-refractivity contribution is 5.12. The van der Waals surface area contributed by atoms with Crippen LogP contribution in [-0.2, 0) is 6.54 Å². The van der Waals surface area contributed by atoms with E-state index in [1.165, 1.54) is 0 Å². The zero-order valence-electron chi connectivity index (χ0n) is 10.5. The van der Waals surface area contributed by atoms with E-state index in [-0.39, 0.29) is 0 Å². The summed E-state index contributed by atoms with van der Waals surface area (Å²) in [5.41, 5.74) is 1.61. The third-order valence-electron chi connectivity index (χ3n) is 3.07. The number of hydrogen-bond donors (Lipinski definition) is 2. The molecule has 1 aromatic heterocycles. The Hall–Kier alpha value is -0.930. The van der Waals surface area contributed by atoms with Gasteiger partial charge in [-0.3, -0.25) is 4.98 Å². The molecule has 0 spiro atoms. The minimum absolute atomic E-state index is 0.571. The number of hydrogen-bond acceptors (Lipinski definition) is 3. The summed E-state index contributed by atoms with van der Waals surface area (Å²) in [5.74, 6) is 0. The Morgan fingerprint density at radius 2 is 2.00 bits per heavy atom. The molecule has 2 N–H and O–H groups in total. The van der Waals surface area contributed by atoms with E-state index in [1.807, 2.05) is 33.0 Å². The van der Waals surface area contributed by atoms with Gasteiger partial charge in [-0.1, -0.05) is 19.9 Å². The Morgan fingerprint density at radius 3 is 2.50 bits per heavy atom. The maximum Gasteiger partial charge on any atom is 0.0766 e. The van der Waals surface area contributed by atoms with E-state index in [9.17, 15) is 5.11 Å². The summed E-state index contributed by atoms with van der Waals surface area (Å²) in [5, 5.41) is 13.3. The number of nitrogens with zero attached hydrogens (tertiary/aromatic N) is 1. The van der Waals surface area contributed by atoms with E-state index in [0.717, 1.165) is 30.6 Å². The Kier molecular flexibility index (Phi) is 4.90. The first kappa shape index (κ1) is 13.1. The predicted octanol–water partition coefficient (Wildman–Crippen LogP) is 2.03. The van der Waals surface area contributed by atoms with Crippen molar-refractivity contribution in [3.63, 3.8) is 0 Å². The number of aliphatic hydroxyl groups is 1. The standard InChI is InChI=1S/C13H22N2O/c1-4-13(16,5-2)10-14-8-12-7-6-11(3)15-9-12/h6-7,9,14,16H,4-5,8,10H2,1-3H3. The summed E-state index contributed by atoms with van der Waals surface area (Å²) in [4.78, 5) is 4.23. The molecule has 1 aromatic rings. The van der Waals surface area contributed by atoms with Gasteiger partial charge in [0.25, 0.3) is 0 Å². The zero-order chi connectivity index (χ0) is 12.0. The lowest BCUT2D eigenvalue weighted by molar-refractivity contribution is 0.0323. The van der Waals surface area contributed by atoms with E-state index in [4.69, 9.17) is 0 Å². The second-order valence-corrected chi connectivity index (χ2v) is 4.34. The summed E-state index contributed by atoms with van der Waals surface area (Å²) < 4.78 is 0. The van der Waals surface area contributed by atoms with Crippen molar-refractivity contribution in [3.8, 4) is 0 Å². The summed E-state index contributed by atoms with van der Waals surface area (Å²) in [6.45, 7) is 7.39. The van der Waals surface area contributed by atoms with Crippen LogP contribution >= 0.6 is 0 Å². The first-order valence-corrected chi connectivity index (χ1v) is 5.94. The van der Waals surface area contributed by atoms with Crippen LogP contribution in [0, 0.1) is 6.92 Å². The lowest BCUT2D eigenvalue weighted by atomic mass is 9.97. The molecule has 0 saturated carbocycles.